The van der Waals surface area contributed by atoms with Crippen LogP contribution in [0.25, 0.3) is 0 Å². The minimum absolute atomic E-state index is 0.0816. The van der Waals surface area contributed by atoms with Crippen LogP contribution in [-0.2, 0) is 9.84 Å². The number of hydrogen-bond donors (Lipinski definition) is 2. The van der Waals surface area contributed by atoms with E-state index >= 15 is 0 Å². The zero-order chi connectivity index (χ0) is 12.9. The van der Waals surface area contributed by atoms with Gasteiger partial charge >= 0.3 is 0 Å². The Bertz CT molecular complexity index is 462. The van der Waals surface area contributed by atoms with Crippen LogP contribution in [0.5, 0.6) is 0 Å². The summed E-state index contributed by atoms with van der Waals surface area (Å²) in [5.74, 6) is 0.0816. The van der Waals surface area contributed by atoms with Crippen LogP contribution in [0.3, 0.4) is 0 Å². The third-order valence-corrected chi connectivity index (χ3v) is 3.66. The van der Waals surface area contributed by atoms with Gasteiger partial charge in [-0.1, -0.05) is 28.1 Å². The molecule has 17 heavy (non-hydrogen) atoms. The summed E-state index contributed by atoms with van der Waals surface area (Å²) in [5, 5.41) is 12.8. The van der Waals surface area contributed by atoms with Gasteiger partial charge in [-0.3, -0.25) is 0 Å². The first kappa shape index (κ1) is 14.6. The van der Waals surface area contributed by atoms with Gasteiger partial charge < -0.3 is 10.4 Å². The van der Waals surface area contributed by atoms with Crippen molar-refractivity contribution in [2.75, 3.05) is 25.1 Å². The molecular weight excluding hydrogens is 306 g/mol. The predicted octanol–water partition coefficient (Wildman–Crippen LogP) is 1.12. The minimum Gasteiger partial charge on any atom is -0.387 e. The number of rotatable bonds is 6. The Morgan fingerprint density at radius 3 is 2.76 bits per heavy atom. The summed E-state index contributed by atoms with van der Waals surface area (Å²) in [6.45, 7) is 0.690. The predicted molar refractivity (Wildman–Crippen MR) is 71.7 cm³/mol. The Balaban J connectivity index is 2.38. The van der Waals surface area contributed by atoms with Gasteiger partial charge in [0, 0.05) is 23.8 Å². The number of benzene rings is 1. The maximum absolute atomic E-state index is 10.9. The van der Waals surface area contributed by atoms with Crippen LogP contribution in [-0.4, -0.2) is 38.6 Å². The topological polar surface area (TPSA) is 66.4 Å². The average molecular weight is 322 g/mol. The van der Waals surface area contributed by atoms with Gasteiger partial charge in [-0.25, -0.2) is 8.42 Å². The lowest BCUT2D eigenvalue weighted by atomic mass is 10.1. The number of hydrogen-bond acceptors (Lipinski definition) is 4. The van der Waals surface area contributed by atoms with E-state index in [2.05, 4.69) is 21.2 Å². The highest BCUT2D eigenvalue weighted by atomic mass is 79.9. The Morgan fingerprint density at radius 2 is 2.18 bits per heavy atom. The second-order valence-electron chi connectivity index (χ2n) is 3.90. The van der Waals surface area contributed by atoms with Crippen molar-refractivity contribution < 1.29 is 13.5 Å². The monoisotopic (exact) mass is 321 g/mol. The lowest BCUT2D eigenvalue weighted by Gasteiger charge is -2.12. The molecule has 0 spiro atoms. The zero-order valence-electron chi connectivity index (χ0n) is 9.56. The first-order chi connectivity index (χ1) is 7.88. The maximum Gasteiger partial charge on any atom is 0.148 e. The van der Waals surface area contributed by atoms with Crippen LogP contribution in [0.4, 0.5) is 0 Å². The highest BCUT2D eigenvalue weighted by Gasteiger charge is 2.08. The molecule has 1 atom stereocenters. The van der Waals surface area contributed by atoms with Crippen molar-refractivity contribution in [2.45, 2.75) is 6.10 Å². The highest BCUT2D eigenvalue weighted by molar-refractivity contribution is 9.10. The fourth-order valence-electron chi connectivity index (χ4n) is 1.33. The summed E-state index contributed by atoms with van der Waals surface area (Å²) >= 11 is 3.33. The second-order valence-corrected chi connectivity index (χ2v) is 7.08. The van der Waals surface area contributed by atoms with Crippen molar-refractivity contribution in [3.63, 3.8) is 0 Å². The normalized spacial score (nSPS) is 13.6. The molecule has 0 heterocycles. The average Bonchev–Trinajstić information content (AvgIpc) is 2.23. The lowest BCUT2D eigenvalue weighted by molar-refractivity contribution is 0.175. The van der Waals surface area contributed by atoms with Gasteiger partial charge in [0.15, 0.2) is 0 Å². The second kappa shape index (κ2) is 6.49. The van der Waals surface area contributed by atoms with Gasteiger partial charge in [-0.2, -0.15) is 0 Å². The molecule has 0 aromatic heterocycles. The molecule has 1 rings (SSSR count). The Hall–Kier alpha value is -0.430. The number of nitrogens with one attached hydrogen (secondary N) is 1. The number of sulfone groups is 1. The smallest absolute Gasteiger partial charge is 0.148 e. The van der Waals surface area contributed by atoms with Crippen LogP contribution in [0.2, 0.25) is 0 Å². The van der Waals surface area contributed by atoms with E-state index in [0.29, 0.717) is 13.1 Å². The quantitative estimate of drug-likeness (QED) is 0.770. The van der Waals surface area contributed by atoms with Crippen LogP contribution >= 0.6 is 15.9 Å². The minimum atomic E-state index is -2.95. The Kier molecular flexibility index (Phi) is 5.58. The fraction of sp³-hybridized carbons (Fsp3) is 0.455. The molecule has 0 saturated carbocycles. The molecular formula is C11H16BrNO3S. The summed E-state index contributed by atoms with van der Waals surface area (Å²) in [7, 11) is -2.95. The SMILES string of the molecule is CS(=O)(=O)CCNCC(O)c1cccc(Br)c1. The first-order valence-corrected chi connectivity index (χ1v) is 8.06. The summed E-state index contributed by atoms with van der Waals surface area (Å²) in [5.41, 5.74) is 0.797. The molecule has 2 N–H and O–H groups in total. The molecule has 0 amide bonds. The Labute approximate surface area is 110 Å². The number of aliphatic hydroxyl groups is 1. The molecule has 0 aliphatic rings. The van der Waals surface area contributed by atoms with Crippen molar-refractivity contribution in [1.29, 1.82) is 0 Å². The van der Waals surface area contributed by atoms with E-state index in [1.54, 1.807) is 0 Å². The summed E-state index contributed by atoms with van der Waals surface area (Å²) < 4.78 is 22.7. The maximum atomic E-state index is 10.9. The molecule has 0 aliphatic heterocycles. The summed E-state index contributed by atoms with van der Waals surface area (Å²) in [4.78, 5) is 0. The van der Waals surface area contributed by atoms with Crippen molar-refractivity contribution in [3.8, 4) is 0 Å². The van der Waals surface area contributed by atoms with E-state index in [-0.39, 0.29) is 5.75 Å². The standard InChI is InChI=1S/C11H16BrNO3S/c1-17(15,16)6-5-13-8-11(14)9-3-2-4-10(12)7-9/h2-4,7,11,13-14H,5-6,8H2,1H3. The molecule has 0 aliphatic carbocycles. The molecule has 1 aromatic carbocycles. The summed E-state index contributed by atoms with van der Waals surface area (Å²) in [6, 6.07) is 7.39. The van der Waals surface area contributed by atoms with Gasteiger partial charge in [0.25, 0.3) is 0 Å². The van der Waals surface area contributed by atoms with Gasteiger partial charge in [0.2, 0.25) is 0 Å². The van der Waals surface area contributed by atoms with E-state index in [1.807, 2.05) is 24.3 Å². The van der Waals surface area contributed by atoms with Gasteiger partial charge in [-0.05, 0) is 17.7 Å². The molecule has 1 aromatic rings. The molecule has 4 nitrogen and oxygen atoms in total. The Morgan fingerprint density at radius 1 is 1.47 bits per heavy atom. The van der Waals surface area contributed by atoms with E-state index in [0.717, 1.165) is 10.0 Å². The summed E-state index contributed by atoms with van der Waals surface area (Å²) in [6.07, 6.45) is 0.562. The van der Waals surface area contributed by atoms with Crippen molar-refractivity contribution in [3.05, 3.63) is 34.3 Å². The molecule has 0 bridgehead atoms. The molecule has 0 saturated heterocycles. The molecule has 0 radical (unpaired) electrons. The third kappa shape index (κ3) is 6.16. The highest BCUT2D eigenvalue weighted by Crippen LogP contribution is 2.17. The molecule has 0 fully saturated rings. The van der Waals surface area contributed by atoms with Gasteiger partial charge in [0.05, 0.1) is 11.9 Å². The molecule has 1 unspecified atom stereocenters. The number of halogens is 1. The third-order valence-electron chi connectivity index (χ3n) is 2.22. The van der Waals surface area contributed by atoms with Crippen LogP contribution in [0, 0.1) is 0 Å². The van der Waals surface area contributed by atoms with Crippen LogP contribution < -0.4 is 5.32 Å². The van der Waals surface area contributed by atoms with E-state index < -0.39 is 15.9 Å². The van der Waals surface area contributed by atoms with Crippen molar-refractivity contribution in [2.24, 2.45) is 0 Å². The van der Waals surface area contributed by atoms with Crippen molar-refractivity contribution in [1.82, 2.24) is 5.32 Å². The van der Waals surface area contributed by atoms with Crippen LogP contribution in [0.15, 0.2) is 28.7 Å². The largest absolute Gasteiger partial charge is 0.387 e. The lowest BCUT2D eigenvalue weighted by Crippen LogP contribution is -2.26. The van der Waals surface area contributed by atoms with Gasteiger partial charge in [-0.15, -0.1) is 0 Å². The van der Waals surface area contributed by atoms with Crippen LogP contribution in [0.1, 0.15) is 11.7 Å². The van der Waals surface area contributed by atoms with Gasteiger partial charge in [0.1, 0.15) is 9.84 Å². The zero-order valence-corrected chi connectivity index (χ0v) is 12.0. The number of aliphatic hydroxyl groups excluding tert-OH is 1. The molecule has 96 valence electrons. The molecule has 6 heteroatoms. The first-order valence-electron chi connectivity index (χ1n) is 5.20. The fourth-order valence-corrected chi connectivity index (χ4v) is 2.26. The van der Waals surface area contributed by atoms with E-state index in [9.17, 15) is 13.5 Å². The van der Waals surface area contributed by atoms with Crippen molar-refractivity contribution >= 4 is 25.8 Å². The van der Waals surface area contributed by atoms with E-state index in [4.69, 9.17) is 0 Å². The van der Waals surface area contributed by atoms with E-state index in [1.165, 1.54) is 6.26 Å².